The van der Waals surface area contributed by atoms with E-state index in [0.717, 1.165) is 19.3 Å². The summed E-state index contributed by atoms with van der Waals surface area (Å²) >= 11 is 6.28. The number of unbranched alkanes of at least 4 members (excludes halogenated alkanes) is 12. The number of carboxylic acids is 1. The molecule has 2 atom stereocenters. The molecule has 0 aromatic heterocycles. The Labute approximate surface area is 178 Å². The Morgan fingerprint density at radius 1 is 0.786 bits per heavy atom. The Morgan fingerprint density at radius 2 is 1.18 bits per heavy atom. The van der Waals surface area contributed by atoms with Crippen LogP contribution in [-0.2, 0) is 9.59 Å². The maximum absolute atomic E-state index is 12.3. The molecule has 0 heterocycles. The summed E-state index contributed by atoms with van der Waals surface area (Å²) in [7, 11) is 5.73. The quantitative estimate of drug-likeness (QED) is 0.0867. The highest BCUT2D eigenvalue weighted by atomic mass is 35.5. The smallest absolute Gasteiger partial charge is 0.314 e. The molecule has 0 fully saturated rings. The van der Waals surface area contributed by atoms with E-state index >= 15 is 0 Å². The van der Waals surface area contributed by atoms with Crippen molar-refractivity contribution in [1.29, 1.82) is 0 Å². The number of Topliss-reactive ketones (excluding diaryl/α,β-unsaturated/α-hetero) is 1. The molecule has 0 unspecified atom stereocenters. The van der Waals surface area contributed by atoms with Crippen LogP contribution in [0.15, 0.2) is 0 Å². The second-order valence-corrected chi connectivity index (χ2v) is 9.64. The Kier molecular flexibility index (Phi) is 15.9. The number of hydrogen-bond acceptors (Lipinski definition) is 2. The number of alkyl halides is 1. The van der Waals surface area contributed by atoms with Gasteiger partial charge in [0.05, 0.1) is 21.1 Å². The summed E-state index contributed by atoms with van der Waals surface area (Å²) in [5.41, 5.74) is -0.378. The fourth-order valence-corrected chi connectivity index (χ4v) is 3.55. The van der Waals surface area contributed by atoms with Crippen molar-refractivity contribution in [2.75, 3.05) is 21.1 Å². The molecule has 0 spiro atoms. The summed E-state index contributed by atoms with van der Waals surface area (Å²) in [5.74, 6) is -2.19. The molecule has 166 valence electrons. The van der Waals surface area contributed by atoms with Gasteiger partial charge in [0.15, 0.2) is 5.50 Å². The van der Waals surface area contributed by atoms with Crippen molar-refractivity contribution in [3.05, 3.63) is 0 Å². The van der Waals surface area contributed by atoms with Gasteiger partial charge in [-0.3, -0.25) is 9.59 Å². The topological polar surface area (TPSA) is 54.4 Å². The van der Waals surface area contributed by atoms with Crippen molar-refractivity contribution in [3.63, 3.8) is 0 Å². The predicted molar refractivity (Wildman–Crippen MR) is 119 cm³/mol. The third-order valence-electron chi connectivity index (χ3n) is 5.48. The van der Waals surface area contributed by atoms with Gasteiger partial charge in [-0.05, 0) is 6.42 Å². The van der Waals surface area contributed by atoms with Gasteiger partial charge in [-0.15, -0.1) is 0 Å². The molecule has 0 aliphatic heterocycles. The molecule has 5 heteroatoms. The van der Waals surface area contributed by atoms with Crippen LogP contribution in [-0.4, -0.2) is 48.0 Å². The zero-order chi connectivity index (χ0) is 21.4. The Hall–Kier alpha value is -0.610. The number of ketones is 1. The average molecular weight is 419 g/mol. The van der Waals surface area contributed by atoms with Gasteiger partial charge in [0.1, 0.15) is 11.7 Å². The standard InChI is InChI=1S/C23H44ClNO3/c1-5-6-7-8-9-10-11-12-13-14-15-16-17-18-21(26)20(23(27)28)19-22(24)25(2,3)4/h20,22H,5-19H2,1-4H3/p+1/t20-,22+/m1/s1. The van der Waals surface area contributed by atoms with E-state index in [0.29, 0.717) is 10.9 Å². The van der Waals surface area contributed by atoms with Crippen LogP contribution >= 0.6 is 11.6 Å². The molecule has 0 saturated heterocycles. The van der Waals surface area contributed by atoms with Crippen LogP contribution in [0.2, 0.25) is 0 Å². The zero-order valence-electron chi connectivity index (χ0n) is 18.9. The molecule has 4 nitrogen and oxygen atoms in total. The van der Waals surface area contributed by atoms with E-state index in [4.69, 9.17) is 11.6 Å². The normalized spacial score (nSPS) is 14.0. The number of carbonyl (C=O) groups is 2. The van der Waals surface area contributed by atoms with Crippen LogP contribution in [0.1, 0.15) is 103 Å². The fraction of sp³-hybridized carbons (Fsp3) is 0.913. The van der Waals surface area contributed by atoms with Crippen LogP contribution in [0.25, 0.3) is 0 Å². The van der Waals surface area contributed by atoms with Crippen LogP contribution in [0, 0.1) is 5.92 Å². The lowest BCUT2D eigenvalue weighted by Crippen LogP contribution is -2.44. The Bertz CT molecular complexity index is 421. The van der Waals surface area contributed by atoms with Crippen molar-refractivity contribution in [3.8, 4) is 0 Å². The maximum Gasteiger partial charge on any atom is 0.314 e. The largest absolute Gasteiger partial charge is 0.481 e. The minimum absolute atomic E-state index is 0.172. The number of rotatable bonds is 19. The molecule has 0 radical (unpaired) electrons. The lowest BCUT2D eigenvalue weighted by atomic mass is 9.95. The zero-order valence-corrected chi connectivity index (χ0v) is 19.6. The number of aliphatic carboxylic acids is 1. The van der Waals surface area contributed by atoms with Gasteiger partial charge in [0, 0.05) is 12.8 Å². The van der Waals surface area contributed by atoms with Gasteiger partial charge in [0.2, 0.25) is 0 Å². The summed E-state index contributed by atoms with van der Waals surface area (Å²) in [6, 6.07) is 0. The summed E-state index contributed by atoms with van der Waals surface area (Å²) in [6.45, 7) is 2.25. The second kappa shape index (κ2) is 16.2. The summed E-state index contributed by atoms with van der Waals surface area (Å²) in [6.07, 6.45) is 16.8. The molecule has 1 N–H and O–H groups in total. The molecule has 0 rings (SSSR count). The minimum Gasteiger partial charge on any atom is -0.481 e. The maximum atomic E-state index is 12.3. The average Bonchev–Trinajstić information content (AvgIpc) is 2.62. The first kappa shape index (κ1) is 27.4. The second-order valence-electron chi connectivity index (χ2n) is 9.14. The Balaban J connectivity index is 3.75. The van der Waals surface area contributed by atoms with Crippen LogP contribution in [0.5, 0.6) is 0 Å². The molecule has 0 aliphatic carbocycles. The van der Waals surface area contributed by atoms with Crippen LogP contribution in [0.3, 0.4) is 0 Å². The predicted octanol–water partition coefficient (Wildman–Crippen LogP) is 6.40. The number of hydrogen-bond donors (Lipinski definition) is 1. The third kappa shape index (κ3) is 14.4. The van der Waals surface area contributed by atoms with Crippen molar-refractivity contribution >= 4 is 23.4 Å². The highest BCUT2D eigenvalue weighted by Gasteiger charge is 2.33. The highest BCUT2D eigenvalue weighted by molar-refractivity contribution is 6.20. The van der Waals surface area contributed by atoms with Crippen LogP contribution < -0.4 is 0 Å². The van der Waals surface area contributed by atoms with E-state index in [1.165, 1.54) is 64.2 Å². The van der Waals surface area contributed by atoms with Gasteiger partial charge < -0.3 is 9.59 Å². The van der Waals surface area contributed by atoms with Gasteiger partial charge in [-0.1, -0.05) is 95.6 Å². The van der Waals surface area contributed by atoms with E-state index in [9.17, 15) is 14.7 Å². The van der Waals surface area contributed by atoms with Gasteiger partial charge in [-0.25, -0.2) is 0 Å². The summed E-state index contributed by atoms with van der Waals surface area (Å²) in [5, 5.41) is 9.38. The number of quaternary nitrogens is 1. The lowest BCUT2D eigenvalue weighted by molar-refractivity contribution is -0.883. The SMILES string of the molecule is CCCCCCCCCCCCCCCC(=O)[C@@H](C[C@@H](Cl)[N+](C)(C)C)C(=O)O. The van der Waals surface area contributed by atoms with Gasteiger partial charge in [0.25, 0.3) is 0 Å². The van der Waals surface area contributed by atoms with E-state index in [1.807, 2.05) is 21.1 Å². The van der Waals surface area contributed by atoms with E-state index in [-0.39, 0.29) is 17.7 Å². The molecule has 28 heavy (non-hydrogen) atoms. The molecule has 0 saturated carbocycles. The lowest BCUT2D eigenvalue weighted by Gasteiger charge is -2.30. The molecule has 0 aliphatic rings. The first-order chi connectivity index (χ1) is 13.2. The van der Waals surface area contributed by atoms with Crippen molar-refractivity contribution in [2.24, 2.45) is 5.92 Å². The molecule has 0 aromatic carbocycles. The number of carboxylic acid groups (broad SMARTS) is 1. The van der Waals surface area contributed by atoms with Crippen molar-refractivity contribution in [1.82, 2.24) is 0 Å². The molecular weight excluding hydrogens is 374 g/mol. The third-order valence-corrected chi connectivity index (χ3v) is 6.25. The number of carbonyl (C=O) groups excluding carboxylic acids is 1. The molecule has 0 bridgehead atoms. The van der Waals surface area contributed by atoms with E-state index in [1.54, 1.807) is 0 Å². The first-order valence-electron chi connectivity index (χ1n) is 11.4. The molecule has 0 aromatic rings. The highest BCUT2D eigenvalue weighted by Crippen LogP contribution is 2.21. The van der Waals surface area contributed by atoms with Gasteiger partial charge >= 0.3 is 5.97 Å². The van der Waals surface area contributed by atoms with E-state index < -0.39 is 11.9 Å². The van der Waals surface area contributed by atoms with Crippen molar-refractivity contribution < 1.29 is 19.2 Å². The minimum atomic E-state index is -1.04. The summed E-state index contributed by atoms with van der Waals surface area (Å²) < 4.78 is 0.442. The number of nitrogens with zero attached hydrogens (tertiary/aromatic N) is 1. The summed E-state index contributed by atoms with van der Waals surface area (Å²) in [4.78, 5) is 23.8. The first-order valence-corrected chi connectivity index (χ1v) is 11.8. The van der Waals surface area contributed by atoms with Gasteiger partial charge in [-0.2, -0.15) is 0 Å². The van der Waals surface area contributed by atoms with Crippen LogP contribution in [0.4, 0.5) is 0 Å². The van der Waals surface area contributed by atoms with Crippen molar-refractivity contribution in [2.45, 2.75) is 109 Å². The molecular formula is C23H45ClNO3+. The monoisotopic (exact) mass is 418 g/mol. The molecule has 0 amide bonds. The Morgan fingerprint density at radius 3 is 1.54 bits per heavy atom. The van der Waals surface area contributed by atoms with E-state index in [2.05, 4.69) is 6.92 Å². The number of halogens is 1. The fourth-order valence-electron chi connectivity index (χ4n) is 3.37.